The van der Waals surface area contributed by atoms with Crippen LogP contribution >= 0.6 is 11.3 Å². The lowest BCUT2D eigenvalue weighted by Crippen LogP contribution is -2.39. The van der Waals surface area contributed by atoms with Crippen LogP contribution in [-0.4, -0.2) is 29.4 Å². The molecule has 1 N–H and O–H groups in total. The van der Waals surface area contributed by atoms with Gasteiger partial charge in [-0.05, 0) is 55.3 Å². The molecule has 7 nitrogen and oxygen atoms in total. The van der Waals surface area contributed by atoms with Gasteiger partial charge >= 0.3 is 5.97 Å². The molecule has 1 aromatic heterocycles. The molecule has 3 aromatic rings. The van der Waals surface area contributed by atoms with Crippen LogP contribution in [-0.2, 0) is 9.53 Å². The number of hydrogen-bond donors (Lipinski definition) is 1. The Labute approximate surface area is 188 Å². The fraction of sp³-hybridized carbons (Fsp3) is 0.208. The minimum absolute atomic E-state index is 0.151. The van der Waals surface area contributed by atoms with Gasteiger partial charge in [0.2, 0.25) is 0 Å². The summed E-state index contributed by atoms with van der Waals surface area (Å²) in [5.74, 6) is 0.326. The van der Waals surface area contributed by atoms with Crippen LogP contribution in [0.2, 0.25) is 0 Å². The number of benzene rings is 2. The molecule has 1 atom stereocenters. The zero-order chi connectivity index (χ0) is 22.8. The van der Waals surface area contributed by atoms with E-state index in [1.54, 1.807) is 63.4 Å². The molecule has 0 bridgehead atoms. The molecule has 0 saturated carbocycles. The monoisotopic (exact) mass is 450 g/mol. The lowest BCUT2D eigenvalue weighted by Gasteiger charge is -2.24. The number of phenolic OH excluding ortho intramolecular Hbond substituents is 1. The summed E-state index contributed by atoms with van der Waals surface area (Å²) in [5, 5.41) is 9.51. The number of fused-ring (bicyclic) bond motifs is 1. The molecule has 1 aliphatic rings. The van der Waals surface area contributed by atoms with Crippen molar-refractivity contribution in [1.29, 1.82) is 0 Å². The first-order chi connectivity index (χ1) is 15.4. The Balaban J connectivity index is 1.93. The number of phenols is 1. The van der Waals surface area contributed by atoms with Crippen LogP contribution in [0, 0.1) is 0 Å². The molecule has 8 heteroatoms. The van der Waals surface area contributed by atoms with Crippen LogP contribution in [0.5, 0.6) is 11.5 Å². The molecule has 4 rings (SSSR count). The van der Waals surface area contributed by atoms with Gasteiger partial charge in [0.25, 0.3) is 5.56 Å². The van der Waals surface area contributed by atoms with Crippen LogP contribution in [0.25, 0.3) is 6.08 Å². The van der Waals surface area contributed by atoms with E-state index >= 15 is 0 Å². The van der Waals surface area contributed by atoms with E-state index in [1.165, 1.54) is 15.9 Å². The molecule has 0 amide bonds. The lowest BCUT2D eigenvalue weighted by molar-refractivity contribution is -0.139. The number of methoxy groups -OCH3 is 1. The highest BCUT2D eigenvalue weighted by Crippen LogP contribution is 2.31. The number of thiazole rings is 1. The second-order valence-corrected chi connectivity index (χ2v) is 8.18. The van der Waals surface area contributed by atoms with Crippen molar-refractivity contribution in [2.24, 2.45) is 4.99 Å². The first-order valence-electron chi connectivity index (χ1n) is 10.1. The Morgan fingerprint density at radius 1 is 1.19 bits per heavy atom. The van der Waals surface area contributed by atoms with Gasteiger partial charge in [0.1, 0.15) is 11.5 Å². The van der Waals surface area contributed by atoms with Gasteiger partial charge in [0.15, 0.2) is 4.80 Å². The molecule has 1 aliphatic heterocycles. The maximum Gasteiger partial charge on any atom is 0.338 e. The molecule has 0 radical (unpaired) electrons. The predicted octanol–water partition coefficient (Wildman–Crippen LogP) is 2.51. The van der Waals surface area contributed by atoms with E-state index in [1.807, 2.05) is 12.1 Å². The second-order valence-electron chi connectivity index (χ2n) is 7.17. The van der Waals surface area contributed by atoms with Crippen molar-refractivity contribution in [2.45, 2.75) is 19.9 Å². The lowest BCUT2D eigenvalue weighted by atomic mass is 9.96. The first kappa shape index (κ1) is 21.6. The van der Waals surface area contributed by atoms with E-state index in [0.717, 1.165) is 11.1 Å². The summed E-state index contributed by atoms with van der Waals surface area (Å²) >= 11 is 1.25. The normalized spacial score (nSPS) is 15.8. The number of allylic oxidation sites excluding steroid dienone is 1. The Morgan fingerprint density at radius 3 is 2.50 bits per heavy atom. The summed E-state index contributed by atoms with van der Waals surface area (Å²) in [6.45, 7) is 3.71. The molecular formula is C24H22N2O5S. The van der Waals surface area contributed by atoms with E-state index < -0.39 is 12.0 Å². The Bertz CT molecular complexity index is 1370. The van der Waals surface area contributed by atoms with Crippen LogP contribution < -0.4 is 19.6 Å². The van der Waals surface area contributed by atoms with Crippen LogP contribution in [0.1, 0.15) is 31.0 Å². The van der Waals surface area contributed by atoms with E-state index in [0.29, 0.717) is 26.4 Å². The van der Waals surface area contributed by atoms with E-state index in [4.69, 9.17) is 9.47 Å². The highest BCUT2D eigenvalue weighted by Gasteiger charge is 2.33. The van der Waals surface area contributed by atoms with Gasteiger partial charge in [-0.1, -0.05) is 35.6 Å². The number of esters is 1. The molecule has 32 heavy (non-hydrogen) atoms. The molecule has 2 aromatic carbocycles. The van der Waals surface area contributed by atoms with Crippen LogP contribution in [0.15, 0.2) is 69.6 Å². The number of hydrogen-bond acceptors (Lipinski definition) is 7. The summed E-state index contributed by atoms with van der Waals surface area (Å²) in [7, 11) is 1.58. The van der Waals surface area contributed by atoms with E-state index in [2.05, 4.69) is 4.99 Å². The fourth-order valence-corrected chi connectivity index (χ4v) is 4.66. The summed E-state index contributed by atoms with van der Waals surface area (Å²) in [5.41, 5.74) is 2.12. The zero-order valence-electron chi connectivity index (χ0n) is 17.9. The maximum absolute atomic E-state index is 13.5. The summed E-state index contributed by atoms with van der Waals surface area (Å²) in [4.78, 5) is 31.4. The van der Waals surface area contributed by atoms with Crippen molar-refractivity contribution in [3.8, 4) is 11.5 Å². The van der Waals surface area contributed by atoms with Crippen LogP contribution in [0.4, 0.5) is 0 Å². The van der Waals surface area contributed by atoms with Gasteiger partial charge in [-0.2, -0.15) is 0 Å². The Morgan fingerprint density at radius 2 is 1.88 bits per heavy atom. The van der Waals surface area contributed by atoms with E-state index in [-0.39, 0.29) is 17.9 Å². The Hall–Kier alpha value is -3.65. The number of carbonyl (C=O) groups excluding carboxylic acids is 1. The molecular weight excluding hydrogens is 428 g/mol. The number of nitrogens with zero attached hydrogens (tertiary/aromatic N) is 2. The molecule has 2 heterocycles. The smallest absolute Gasteiger partial charge is 0.338 e. The van der Waals surface area contributed by atoms with Gasteiger partial charge in [-0.15, -0.1) is 0 Å². The second kappa shape index (κ2) is 8.84. The van der Waals surface area contributed by atoms with Gasteiger partial charge in [-0.25, -0.2) is 9.79 Å². The van der Waals surface area contributed by atoms with Crippen molar-refractivity contribution in [2.75, 3.05) is 13.7 Å². The molecule has 0 aliphatic carbocycles. The quantitative estimate of drug-likeness (QED) is 0.604. The largest absolute Gasteiger partial charge is 0.508 e. The molecule has 0 fully saturated rings. The van der Waals surface area contributed by atoms with Crippen molar-refractivity contribution in [1.82, 2.24) is 4.57 Å². The number of aromatic nitrogens is 1. The number of carbonyl (C=O) groups is 1. The SMILES string of the molecule is CCOC(=O)C1=C(C)N=c2s/c(=C/c3ccc(O)cc3)c(=O)n2[C@@H]1c1ccc(OC)cc1. The fourth-order valence-electron chi connectivity index (χ4n) is 3.62. The molecule has 0 spiro atoms. The minimum atomic E-state index is -0.668. The van der Waals surface area contributed by atoms with Crippen molar-refractivity contribution < 1.29 is 19.4 Å². The maximum atomic E-state index is 13.5. The zero-order valence-corrected chi connectivity index (χ0v) is 18.7. The number of aromatic hydroxyl groups is 1. The van der Waals surface area contributed by atoms with Gasteiger partial charge in [-0.3, -0.25) is 9.36 Å². The predicted molar refractivity (Wildman–Crippen MR) is 121 cm³/mol. The van der Waals surface area contributed by atoms with Gasteiger partial charge in [0, 0.05) is 0 Å². The standard InChI is InChI=1S/C24H22N2O5S/c1-4-31-23(29)20-14(2)25-24-26(21(20)16-7-11-18(30-3)12-8-16)22(28)19(32-24)13-15-5-9-17(27)10-6-15/h5-13,21,27H,4H2,1-3H3/b19-13+/t21-/m1/s1. The van der Waals surface area contributed by atoms with Crippen molar-refractivity contribution >= 4 is 23.4 Å². The summed E-state index contributed by atoms with van der Waals surface area (Å²) < 4.78 is 12.6. The Kier molecular flexibility index (Phi) is 5.96. The highest BCUT2D eigenvalue weighted by atomic mass is 32.1. The molecule has 0 unspecified atom stereocenters. The topological polar surface area (TPSA) is 90.1 Å². The third kappa shape index (κ3) is 3.97. The average Bonchev–Trinajstić information content (AvgIpc) is 3.09. The average molecular weight is 451 g/mol. The molecule has 0 saturated heterocycles. The van der Waals surface area contributed by atoms with Gasteiger partial charge < -0.3 is 14.6 Å². The highest BCUT2D eigenvalue weighted by molar-refractivity contribution is 7.07. The van der Waals surface area contributed by atoms with Gasteiger partial charge in [0.05, 0.1) is 35.6 Å². The minimum Gasteiger partial charge on any atom is -0.508 e. The van der Waals surface area contributed by atoms with Crippen molar-refractivity contribution in [3.63, 3.8) is 0 Å². The number of rotatable bonds is 5. The van der Waals surface area contributed by atoms with Crippen LogP contribution in [0.3, 0.4) is 0 Å². The third-order valence-electron chi connectivity index (χ3n) is 5.14. The third-order valence-corrected chi connectivity index (χ3v) is 6.12. The first-order valence-corrected chi connectivity index (χ1v) is 10.9. The summed E-state index contributed by atoms with van der Waals surface area (Å²) in [6, 6.07) is 13.2. The molecule has 164 valence electrons. The number of ether oxygens (including phenoxy) is 2. The van der Waals surface area contributed by atoms with E-state index in [9.17, 15) is 14.7 Å². The summed E-state index contributed by atoms with van der Waals surface area (Å²) in [6.07, 6.45) is 1.75. The van der Waals surface area contributed by atoms with Crippen molar-refractivity contribution in [3.05, 3.63) is 90.6 Å².